The minimum atomic E-state index is -0.960. The molecule has 0 unspecified atom stereocenters. The van der Waals surface area contributed by atoms with Crippen LogP contribution in [0.1, 0.15) is 5.56 Å². The van der Waals surface area contributed by atoms with Gasteiger partial charge in [0.1, 0.15) is 5.58 Å². The number of rotatable bonds is 1. The topological polar surface area (TPSA) is 76.8 Å². The maximum Gasteiger partial charge on any atom is 0.397 e. The lowest BCUT2D eigenvalue weighted by Crippen LogP contribution is -2.33. The fourth-order valence-corrected chi connectivity index (χ4v) is 1.86. The average Bonchev–Trinajstić information content (AvgIpc) is 2.43. The first-order chi connectivity index (χ1) is 9.43. The Bertz CT molecular complexity index is 747. The van der Waals surface area contributed by atoms with Gasteiger partial charge in [-0.1, -0.05) is 0 Å². The normalized spacial score (nSPS) is 10.3. The van der Waals surface area contributed by atoms with Gasteiger partial charge in [-0.25, -0.2) is 9.59 Å². The predicted molar refractivity (Wildman–Crippen MR) is 72.6 cm³/mol. The van der Waals surface area contributed by atoms with Gasteiger partial charge in [-0.2, -0.15) is 0 Å². The van der Waals surface area contributed by atoms with Gasteiger partial charge >= 0.3 is 17.5 Å². The molecule has 2 aromatic rings. The minimum Gasteiger partial charge on any atom is -0.462 e. The van der Waals surface area contributed by atoms with E-state index in [1.54, 1.807) is 19.1 Å². The number of anilines is 1. The molecule has 1 aromatic carbocycles. The van der Waals surface area contributed by atoms with Crippen molar-refractivity contribution in [3.8, 4) is 0 Å². The van der Waals surface area contributed by atoms with E-state index in [4.69, 9.17) is 4.42 Å². The van der Waals surface area contributed by atoms with E-state index in [1.165, 1.54) is 19.2 Å². The van der Waals surface area contributed by atoms with Crippen molar-refractivity contribution in [3.05, 3.63) is 40.2 Å². The first-order valence-corrected chi connectivity index (χ1v) is 5.84. The third-order valence-corrected chi connectivity index (χ3v) is 2.99. The largest absolute Gasteiger partial charge is 0.462 e. The highest BCUT2D eigenvalue weighted by molar-refractivity contribution is 6.38. The highest BCUT2D eigenvalue weighted by atomic mass is 16.5. The number of amides is 1. The van der Waals surface area contributed by atoms with E-state index in [-0.39, 0.29) is 0 Å². The molecule has 1 amide bonds. The number of ether oxygens (including phenoxy) is 1. The van der Waals surface area contributed by atoms with Crippen LogP contribution in [0.15, 0.2) is 33.5 Å². The van der Waals surface area contributed by atoms with Crippen LogP contribution in [0, 0.1) is 6.92 Å². The lowest BCUT2D eigenvalue weighted by Gasteiger charge is -2.16. The Morgan fingerprint density at radius 2 is 1.95 bits per heavy atom. The molecule has 0 aliphatic carbocycles. The first-order valence-electron chi connectivity index (χ1n) is 5.84. The number of hydrogen-bond donors (Lipinski definition) is 0. The Balaban J connectivity index is 2.49. The summed E-state index contributed by atoms with van der Waals surface area (Å²) in [6, 6.07) is 6.32. The summed E-state index contributed by atoms with van der Waals surface area (Å²) in [4.78, 5) is 35.4. The van der Waals surface area contributed by atoms with Crippen LogP contribution in [0.5, 0.6) is 0 Å². The Labute approximate surface area is 114 Å². The fraction of sp³-hybridized carbons (Fsp3) is 0.214. The molecule has 0 spiro atoms. The van der Waals surface area contributed by atoms with Crippen molar-refractivity contribution in [1.82, 2.24) is 0 Å². The Kier molecular flexibility index (Phi) is 3.56. The quantitative estimate of drug-likeness (QED) is 0.444. The van der Waals surface area contributed by atoms with E-state index in [2.05, 4.69) is 4.74 Å². The van der Waals surface area contributed by atoms with E-state index in [0.29, 0.717) is 11.3 Å². The number of aryl methyl sites for hydroxylation is 1. The SMILES string of the molecule is COC(=O)C(=O)N(C)c1ccc2c(C)cc(=O)oc2c1. The molecule has 2 rings (SSSR count). The van der Waals surface area contributed by atoms with Gasteiger partial charge in [0.2, 0.25) is 0 Å². The highest BCUT2D eigenvalue weighted by Gasteiger charge is 2.20. The second-order valence-corrected chi connectivity index (χ2v) is 4.28. The number of benzene rings is 1. The lowest BCUT2D eigenvalue weighted by molar-refractivity contribution is -0.151. The summed E-state index contributed by atoms with van der Waals surface area (Å²) in [5, 5.41) is 0.771. The summed E-state index contributed by atoms with van der Waals surface area (Å²) in [6.07, 6.45) is 0. The van der Waals surface area contributed by atoms with E-state index in [0.717, 1.165) is 23.0 Å². The van der Waals surface area contributed by atoms with Crippen LogP contribution in [-0.2, 0) is 14.3 Å². The molecular weight excluding hydrogens is 262 g/mol. The zero-order chi connectivity index (χ0) is 14.9. The Morgan fingerprint density at radius 1 is 1.25 bits per heavy atom. The lowest BCUT2D eigenvalue weighted by atomic mass is 10.1. The molecule has 1 aromatic heterocycles. The molecule has 0 bridgehead atoms. The van der Waals surface area contributed by atoms with Crippen LogP contribution >= 0.6 is 0 Å². The maximum atomic E-state index is 11.7. The Morgan fingerprint density at radius 3 is 2.60 bits per heavy atom. The molecule has 20 heavy (non-hydrogen) atoms. The van der Waals surface area contributed by atoms with E-state index >= 15 is 0 Å². The molecule has 6 nitrogen and oxygen atoms in total. The van der Waals surface area contributed by atoms with Crippen molar-refractivity contribution in [2.24, 2.45) is 0 Å². The third kappa shape index (κ3) is 2.40. The molecule has 0 atom stereocenters. The number of nitrogens with zero attached hydrogens (tertiary/aromatic N) is 1. The van der Waals surface area contributed by atoms with Gasteiger partial charge < -0.3 is 14.1 Å². The van der Waals surface area contributed by atoms with Gasteiger partial charge in [-0.05, 0) is 24.6 Å². The van der Waals surface area contributed by atoms with Crippen molar-refractivity contribution in [2.75, 3.05) is 19.1 Å². The van der Waals surface area contributed by atoms with Crippen molar-refractivity contribution in [2.45, 2.75) is 6.92 Å². The zero-order valence-electron chi connectivity index (χ0n) is 11.3. The molecular formula is C14H13NO5. The smallest absolute Gasteiger partial charge is 0.397 e. The summed E-state index contributed by atoms with van der Waals surface area (Å²) >= 11 is 0. The molecule has 0 saturated heterocycles. The zero-order valence-corrected chi connectivity index (χ0v) is 11.3. The van der Waals surface area contributed by atoms with Crippen LogP contribution in [-0.4, -0.2) is 26.0 Å². The third-order valence-electron chi connectivity index (χ3n) is 2.99. The fourth-order valence-electron chi connectivity index (χ4n) is 1.86. The summed E-state index contributed by atoms with van der Waals surface area (Å²) in [5.41, 5.74) is 1.11. The van der Waals surface area contributed by atoms with Gasteiger partial charge in [0.05, 0.1) is 7.11 Å². The highest BCUT2D eigenvalue weighted by Crippen LogP contribution is 2.22. The minimum absolute atomic E-state index is 0.358. The summed E-state index contributed by atoms with van der Waals surface area (Å²) in [7, 11) is 2.57. The van der Waals surface area contributed by atoms with Crippen LogP contribution in [0.4, 0.5) is 5.69 Å². The molecule has 1 heterocycles. The molecule has 104 valence electrons. The number of likely N-dealkylation sites (N-methyl/N-ethyl adjacent to an activating group) is 1. The molecule has 0 radical (unpaired) electrons. The second kappa shape index (κ2) is 5.16. The van der Waals surface area contributed by atoms with Gasteiger partial charge in [0, 0.05) is 30.3 Å². The molecule has 0 fully saturated rings. The van der Waals surface area contributed by atoms with E-state index in [9.17, 15) is 14.4 Å². The van der Waals surface area contributed by atoms with Crippen molar-refractivity contribution in [3.63, 3.8) is 0 Å². The van der Waals surface area contributed by atoms with Gasteiger partial charge in [-0.15, -0.1) is 0 Å². The monoisotopic (exact) mass is 275 g/mol. The van der Waals surface area contributed by atoms with Crippen LogP contribution in [0.3, 0.4) is 0 Å². The average molecular weight is 275 g/mol. The van der Waals surface area contributed by atoms with Gasteiger partial charge in [-0.3, -0.25) is 4.79 Å². The number of methoxy groups -OCH3 is 1. The number of esters is 1. The molecule has 0 saturated carbocycles. The van der Waals surface area contributed by atoms with Crippen LogP contribution < -0.4 is 10.5 Å². The summed E-state index contributed by atoms with van der Waals surface area (Å²) in [5.74, 6) is -1.76. The summed E-state index contributed by atoms with van der Waals surface area (Å²) in [6.45, 7) is 1.79. The second-order valence-electron chi connectivity index (χ2n) is 4.28. The van der Waals surface area contributed by atoms with Crippen molar-refractivity contribution >= 4 is 28.5 Å². The molecule has 6 heteroatoms. The predicted octanol–water partition coefficient (Wildman–Crippen LogP) is 1.24. The Hall–Kier alpha value is -2.63. The van der Waals surface area contributed by atoms with Crippen LogP contribution in [0.25, 0.3) is 11.0 Å². The maximum absolute atomic E-state index is 11.7. The first kappa shape index (κ1) is 13.8. The number of hydrogen-bond acceptors (Lipinski definition) is 5. The molecule has 0 N–H and O–H groups in total. The van der Waals surface area contributed by atoms with Crippen LogP contribution in [0.2, 0.25) is 0 Å². The molecule has 0 aliphatic heterocycles. The van der Waals surface area contributed by atoms with Crippen molar-refractivity contribution in [1.29, 1.82) is 0 Å². The van der Waals surface area contributed by atoms with Crippen molar-refractivity contribution < 1.29 is 18.7 Å². The molecule has 0 aliphatic rings. The number of carbonyl (C=O) groups is 2. The van der Waals surface area contributed by atoms with Gasteiger partial charge in [0.15, 0.2) is 0 Å². The van der Waals surface area contributed by atoms with E-state index in [1.807, 2.05) is 0 Å². The standard InChI is InChI=1S/C14H13NO5/c1-8-6-12(16)20-11-7-9(4-5-10(8)11)15(2)13(17)14(18)19-3/h4-7H,1-3H3. The number of fused-ring (bicyclic) bond motifs is 1. The van der Waals surface area contributed by atoms with E-state index < -0.39 is 17.5 Å². The number of carbonyl (C=O) groups excluding carboxylic acids is 2. The summed E-state index contributed by atoms with van der Waals surface area (Å²) < 4.78 is 9.47. The van der Waals surface area contributed by atoms with Gasteiger partial charge in [0.25, 0.3) is 0 Å².